The first-order valence-corrected chi connectivity index (χ1v) is 5.97. The van der Waals surface area contributed by atoms with Gasteiger partial charge in [-0.05, 0) is 36.4 Å². The molecule has 0 unspecified atom stereocenters. The van der Waals surface area contributed by atoms with E-state index in [0.717, 1.165) is 13.1 Å². The highest BCUT2D eigenvalue weighted by atomic mass is 32.1. The first-order valence-electron chi connectivity index (χ1n) is 5.15. The van der Waals surface area contributed by atoms with Crippen LogP contribution < -0.4 is 5.32 Å². The maximum Gasteiger partial charge on any atom is 0.0349 e. The van der Waals surface area contributed by atoms with Crippen molar-refractivity contribution in [2.75, 3.05) is 6.54 Å². The molecule has 1 aromatic carbocycles. The van der Waals surface area contributed by atoms with E-state index in [9.17, 15) is 0 Å². The SMILES string of the molecule is c1ccc2c3c(sc2c1)CCCNC3. The molecule has 0 aliphatic carbocycles. The van der Waals surface area contributed by atoms with Crippen LogP contribution in [-0.4, -0.2) is 6.54 Å². The van der Waals surface area contributed by atoms with Crippen LogP contribution in [-0.2, 0) is 13.0 Å². The van der Waals surface area contributed by atoms with E-state index in [2.05, 4.69) is 29.6 Å². The lowest BCUT2D eigenvalue weighted by atomic mass is 10.1. The molecule has 0 saturated heterocycles. The van der Waals surface area contributed by atoms with Crippen molar-refractivity contribution in [1.82, 2.24) is 5.32 Å². The van der Waals surface area contributed by atoms with Crippen molar-refractivity contribution in [3.8, 4) is 0 Å². The van der Waals surface area contributed by atoms with Crippen LogP contribution in [0.2, 0.25) is 0 Å². The third-order valence-electron chi connectivity index (χ3n) is 2.84. The van der Waals surface area contributed by atoms with Crippen LogP contribution in [0.3, 0.4) is 0 Å². The predicted molar refractivity (Wildman–Crippen MR) is 61.9 cm³/mol. The van der Waals surface area contributed by atoms with Gasteiger partial charge in [-0.3, -0.25) is 0 Å². The second-order valence-electron chi connectivity index (χ2n) is 3.78. The molecule has 1 nitrogen and oxygen atoms in total. The van der Waals surface area contributed by atoms with E-state index in [4.69, 9.17) is 0 Å². The van der Waals surface area contributed by atoms with E-state index >= 15 is 0 Å². The van der Waals surface area contributed by atoms with Crippen LogP contribution in [0.5, 0.6) is 0 Å². The van der Waals surface area contributed by atoms with Gasteiger partial charge in [0, 0.05) is 16.1 Å². The van der Waals surface area contributed by atoms with Gasteiger partial charge in [-0.2, -0.15) is 0 Å². The molecular formula is C12H13NS. The molecule has 0 fully saturated rings. The number of aryl methyl sites for hydroxylation is 1. The maximum atomic E-state index is 3.49. The highest BCUT2D eigenvalue weighted by Crippen LogP contribution is 2.32. The molecule has 72 valence electrons. The summed E-state index contributed by atoms with van der Waals surface area (Å²) in [6.07, 6.45) is 2.53. The zero-order chi connectivity index (χ0) is 9.38. The molecule has 0 amide bonds. The number of thiophene rings is 1. The lowest BCUT2D eigenvalue weighted by Crippen LogP contribution is -2.11. The Bertz CT molecular complexity index is 458. The smallest absolute Gasteiger partial charge is 0.0349 e. The molecule has 2 aromatic rings. The summed E-state index contributed by atoms with van der Waals surface area (Å²) >= 11 is 1.97. The van der Waals surface area contributed by atoms with Gasteiger partial charge in [-0.1, -0.05) is 18.2 Å². The average molecular weight is 203 g/mol. The molecule has 2 heteroatoms. The molecule has 3 rings (SSSR count). The molecule has 0 radical (unpaired) electrons. The number of fused-ring (bicyclic) bond motifs is 3. The molecule has 1 aliphatic rings. The van der Waals surface area contributed by atoms with E-state index in [1.807, 2.05) is 11.3 Å². The largest absolute Gasteiger partial charge is 0.313 e. The Labute approximate surface area is 87.8 Å². The summed E-state index contributed by atoms with van der Waals surface area (Å²) in [5.41, 5.74) is 1.54. The van der Waals surface area contributed by atoms with Crippen molar-refractivity contribution in [1.29, 1.82) is 0 Å². The summed E-state index contributed by atoms with van der Waals surface area (Å²) in [5, 5.41) is 4.95. The Morgan fingerprint density at radius 1 is 1.21 bits per heavy atom. The monoisotopic (exact) mass is 203 g/mol. The third-order valence-corrected chi connectivity index (χ3v) is 4.11. The third kappa shape index (κ3) is 1.26. The van der Waals surface area contributed by atoms with Crippen LogP contribution in [0.1, 0.15) is 16.9 Å². The summed E-state index contributed by atoms with van der Waals surface area (Å²) in [7, 11) is 0. The summed E-state index contributed by atoms with van der Waals surface area (Å²) in [6.45, 7) is 2.22. The first-order chi connectivity index (χ1) is 6.95. The van der Waals surface area contributed by atoms with Crippen LogP contribution >= 0.6 is 11.3 Å². The number of nitrogens with one attached hydrogen (secondary N) is 1. The predicted octanol–water partition coefficient (Wildman–Crippen LogP) is 2.94. The van der Waals surface area contributed by atoms with Crippen molar-refractivity contribution in [3.63, 3.8) is 0 Å². The van der Waals surface area contributed by atoms with Crippen molar-refractivity contribution in [2.45, 2.75) is 19.4 Å². The van der Waals surface area contributed by atoms with Gasteiger partial charge >= 0.3 is 0 Å². The van der Waals surface area contributed by atoms with Gasteiger partial charge in [0.1, 0.15) is 0 Å². The Balaban J connectivity index is 2.24. The van der Waals surface area contributed by atoms with Gasteiger partial charge < -0.3 is 5.32 Å². The average Bonchev–Trinajstić information content (AvgIpc) is 2.42. The van der Waals surface area contributed by atoms with E-state index in [0.29, 0.717) is 0 Å². The molecule has 1 N–H and O–H groups in total. The minimum absolute atomic E-state index is 1.05. The Morgan fingerprint density at radius 2 is 2.14 bits per heavy atom. The Kier molecular flexibility index (Phi) is 2.03. The minimum atomic E-state index is 1.05. The standard InChI is InChI=1S/C12H13NS/c1-2-5-11-9(4-1)10-8-13-7-3-6-12(10)14-11/h1-2,4-5,13H,3,6-8H2. The molecular weight excluding hydrogens is 190 g/mol. The molecule has 0 spiro atoms. The van der Waals surface area contributed by atoms with Gasteiger partial charge in [-0.25, -0.2) is 0 Å². The van der Waals surface area contributed by atoms with Crippen molar-refractivity contribution in [2.24, 2.45) is 0 Å². The van der Waals surface area contributed by atoms with Gasteiger partial charge in [0.25, 0.3) is 0 Å². The second-order valence-corrected chi connectivity index (χ2v) is 4.92. The first kappa shape index (κ1) is 8.45. The van der Waals surface area contributed by atoms with E-state index in [1.54, 1.807) is 10.4 Å². The number of rotatable bonds is 0. The lowest BCUT2D eigenvalue weighted by Gasteiger charge is -1.98. The lowest BCUT2D eigenvalue weighted by molar-refractivity contribution is 0.682. The van der Waals surface area contributed by atoms with E-state index < -0.39 is 0 Å². The topological polar surface area (TPSA) is 12.0 Å². The molecule has 0 saturated carbocycles. The van der Waals surface area contributed by atoms with Gasteiger partial charge in [-0.15, -0.1) is 11.3 Å². The maximum absolute atomic E-state index is 3.49. The molecule has 0 bridgehead atoms. The number of hydrogen-bond donors (Lipinski definition) is 1. The van der Waals surface area contributed by atoms with Gasteiger partial charge in [0.2, 0.25) is 0 Å². The van der Waals surface area contributed by atoms with Crippen LogP contribution in [0.4, 0.5) is 0 Å². The normalized spacial score (nSPS) is 16.6. The van der Waals surface area contributed by atoms with E-state index in [-0.39, 0.29) is 0 Å². The molecule has 1 aliphatic heterocycles. The van der Waals surface area contributed by atoms with E-state index in [1.165, 1.54) is 22.9 Å². The number of hydrogen-bond acceptors (Lipinski definition) is 2. The van der Waals surface area contributed by atoms with Crippen molar-refractivity contribution < 1.29 is 0 Å². The summed E-state index contributed by atoms with van der Waals surface area (Å²) in [4.78, 5) is 1.59. The highest BCUT2D eigenvalue weighted by Gasteiger charge is 2.13. The molecule has 1 aromatic heterocycles. The van der Waals surface area contributed by atoms with Crippen LogP contribution in [0.25, 0.3) is 10.1 Å². The van der Waals surface area contributed by atoms with Crippen LogP contribution in [0, 0.1) is 0 Å². The number of benzene rings is 1. The second kappa shape index (κ2) is 3.37. The van der Waals surface area contributed by atoms with Crippen molar-refractivity contribution in [3.05, 3.63) is 34.7 Å². The summed E-state index contributed by atoms with van der Waals surface area (Å²) in [5.74, 6) is 0. The molecule has 0 atom stereocenters. The fourth-order valence-electron chi connectivity index (χ4n) is 2.13. The fourth-order valence-corrected chi connectivity index (χ4v) is 3.40. The zero-order valence-electron chi connectivity index (χ0n) is 8.05. The van der Waals surface area contributed by atoms with Crippen LogP contribution in [0.15, 0.2) is 24.3 Å². The summed E-state index contributed by atoms with van der Waals surface area (Å²) < 4.78 is 1.45. The van der Waals surface area contributed by atoms with Gasteiger partial charge in [0.15, 0.2) is 0 Å². The molecule has 2 heterocycles. The summed E-state index contributed by atoms with van der Waals surface area (Å²) in [6, 6.07) is 8.75. The highest BCUT2D eigenvalue weighted by molar-refractivity contribution is 7.19. The minimum Gasteiger partial charge on any atom is -0.313 e. The Hall–Kier alpha value is -0.860. The van der Waals surface area contributed by atoms with Gasteiger partial charge in [0.05, 0.1) is 0 Å². The zero-order valence-corrected chi connectivity index (χ0v) is 8.86. The fraction of sp³-hybridized carbons (Fsp3) is 0.333. The quantitative estimate of drug-likeness (QED) is 0.694. The Morgan fingerprint density at radius 3 is 3.14 bits per heavy atom. The van der Waals surface area contributed by atoms with Crippen molar-refractivity contribution >= 4 is 21.4 Å². The molecule has 14 heavy (non-hydrogen) atoms.